The van der Waals surface area contributed by atoms with Crippen molar-refractivity contribution in [1.29, 1.82) is 0 Å². The Labute approximate surface area is 86.9 Å². The number of hydrogen-bond acceptors (Lipinski definition) is 3. The first-order chi connectivity index (χ1) is 7.01. The highest BCUT2D eigenvalue weighted by molar-refractivity contribution is 4.74. The van der Waals surface area contributed by atoms with E-state index >= 15 is 0 Å². The molecule has 0 aliphatic heterocycles. The second kappa shape index (κ2) is 5.67. The summed E-state index contributed by atoms with van der Waals surface area (Å²) in [6.45, 7) is -1.24. The van der Waals surface area contributed by atoms with Crippen LogP contribution in [0.3, 0.4) is 0 Å². The first kappa shape index (κ1) is 12.7. The van der Waals surface area contributed by atoms with E-state index in [1.807, 2.05) is 0 Å². The molecule has 3 nitrogen and oxygen atoms in total. The first-order valence-electron chi connectivity index (χ1n) is 4.98. The molecule has 6 heteroatoms. The maximum Gasteiger partial charge on any atom is 0.413 e. The zero-order valence-corrected chi connectivity index (χ0v) is 8.64. The second-order valence-electron chi connectivity index (χ2n) is 3.73. The number of hydroxylamine groups is 1. The van der Waals surface area contributed by atoms with E-state index in [4.69, 9.17) is 4.74 Å². The van der Waals surface area contributed by atoms with Gasteiger partial charge in [-0.05, 0) is 25.7 Å². The van der Waals surface area contributed by atoms with Crippen molar-refractivity contribution in [3.05, 3.63) is 0 Å². The Morgan fingerprint density at radius 1 is 1.20 bits per heavy atom. The number of rotatable bonds is 4. The Morgan fingerprint density at radius 3 is 2.27 bits per heavy atom. The van der Waals surface area contributed by atoms with Gasteiger partial charge in [0.05, 0.1) is 6.10 Å². The molecule has 15 heavy (non-hydrogen) atoms. The summed E-state index contributed by atoms with van der Waals surface area (Å²) in [4.78, 5) is 4.39. The van der Waals surface area contributed by atoms with Crippen LogP contribution in [-0.4, -0.2) is 32.0 Å². The normalized spacial score (nSPS) is 28.0. The molecule has 0 saturated heterocycles. The third kappa shape index (κ3) is 5.34. The van der Waals surface area contributed by atoms with Crippen molar-refractivity contribution in [2.45, 2.75) is 44.0 Å². The van der Waals surface area contributed by atoms with Gasteiger partial charge in [-0.25, -0.2) is 0 Å². The number of alkyl halides is 3. The standard InChI is InChI=1S/C9H16F3NO2/c1-14-8-4-2-7(3-5-8)13-15-6-9(10,11)12/h7-8,13H,2-6H2,1H3. The lowest BCUT2D eigenvalue weighted by atomic mass is 9.94. The van der Waals surface area contributed by atoms with Crippen LogP contribution < -0.4 is 5.48 Å². The number of hydrogen-bond donors (Lipinski definition) is 1. The van der Waals surface area contributed by atoms with Crippen molar-refractivity contribution in [3.8, 4) is 0 Å². The summed E-state index contributed by atoms with van der Waals surface area (Å²) >= 11 is 0. The van der Waals surface area contributed by atoms with E-state index in [2.05, 4.69) is 10.3 Å². The van der Waals surface area contributed by atoms with Gasteiger partial charge >= 0.3 is 6.18 Å². The summed E-state index contributed by atoms with van der Waals surface area (Å²) in [6.07, 6.45) is -0.720. The number of ether oxygens (including phenoxy) is 1. The van der Waals surface area contributed by atoms with Gasteiger partial charge in [-0.1, -0.05) is 0 Å². The molecule has 1 aliphatic rings. The molecule has 0 radical (unpaired) electrons. The molecule has 0 atom stereocenters. The minimum atomic E-state index is -4.27. The van der Waals surface area contributed by atoms with Gasteiger partial charge in [0.2, 0.25) is 0 Å². The predicted molar refractivity (Wildman–Crippen MR) is 48.2 cm³/mol. The summed E-state index contributed by atoms with van der Waals surface area (Å²) in [5, 5.41) is 0. The van der Waals surface area contributed by atoms with E-state index in [-0.39, 0.29) is 12.1 Å². The molecule has 1 saturated carbocycles. The zero-order chi connectivity index (χ0) is 11.3. The summed E-state index contributed by atoms with van der Waals surface area (Å²) < 4.78 is 40.4. The van der Waals surface area contributed by atoms with Gasteiger partial charge < -0.3 is 4.74 Å². The fourth-order valence-corrected chi connectivity index (χ4v) is 1.66. The van der Waals surface area contributed by atoms with Crippen LogP contribution in [0.4, 0.5) is 13.2 Å². The molecule has 0 unspecified atom stereocenters. The molecule has 0 heterocycles. The van der Waals surface area contributed by atoms with Gasteiger partial charge in [0, 0.05) is 13.2 Å². The first-order valence-corrected chi connectivity index (χ1v) is 4.98. The number of nitrogens with one attached hydrogen (secondary N) is 1. The van der Waals surface area contributed by atoms with Crippen LogP contribution in [0.15, 0.2) is 0 Å². The topological polar surface area (TPSA) is 30.5 Å². The monoisotopic (exact) mass is 227 g/mol. The van der Waals surface area contributed by atoms with Crippen LogP contribution in [-0.2, 0) is 9.57 Å². The molecule has 90 valence electrons. The lowest BCUT2D eigenvalue weighted by Crippen LogP contribution is -2.37. The van der Waals surface area contributed by atoms with Crippen LogP contribution in [0.2, 0.25) is 0 Å². The van der Waals surface area contributed by atoms with Crippen molar-refractivity contribution in [2.75, 3.05) is 13.7 Å². The maximum atomic E-state index is 11.7. The van der Waals surface area contributed by atoms with Crippen LogP contribution in [0.1, 0.15) is 25.7 Å². The van der Waals surface area contributed by atoms with E-state index in [1.165, 1.54) is 0 Å². The van der Waals surface area contributed by atoms with Gasteiger partial charge in [-0.3, -0.25) is 4.84 Å². The molecule has 1 N–H and O–H groups in total. The molecule has 1 fully saturated rings. The predicted octanol–water partition coefficient (Wildman–Crippen LogP) is 2.03. The van der Waals surface area contributed by atoms with Crippen molar-refractivity contribution in [1.82, 2.24) is 5.48 Å². The maximum absolute atomic E-state index is 11.7. The van der Waals surface area contributed by atoms with Gasteiger partial charge in [0.15, 0.2) is 6.61 Å². The molecule has 1 aliphatic carbocycles. The van der Waals surface area contributed by atoms with Crippen molar-refractivity contribution in [2.24, 2.45) is 0 Å². The van der Waals surface area contributed by atoms with Crippen LogP contribution in [0, 0.1) is 0 Å². The SMILES string of the molecule is COC1CCC(NOCC(F)(F)F)CC1. The van der Waals surface area contributed by atoms with Crippen molar-refractivity contribution in [3.63, 3.8) is 0 Å². The van der Waals surface area contributed by atoms with Gasteiger partial charge in [-0.15, -0.1) is 0 Å². The molecular weight excluding hydrogens is 211 g/mol. The fourth-order valence-electron chi connectivity index (χ4n) is 1.66. The fraction of sp³-hybridized carbons (Fsp3) is 1.00. The largest absolute Gasteiger partial charge is 0.413 e. The zero-order valence-electron chi connectivity index (χ0n) is 8.64. The Bertz CT molecular complexity index is 179. The highest BCUT2D eigenvalue weighted by Gasteiger charge is 2.29. The van der Waals surface area contributed by atoms with E-state index in [0.717, 1.165) is 25.7 Å². The van der Waals surface area contributed by atoms with Gasteiger partial charge in [0.1, 0.15) is 0 Å². The Balaban J connectivity index is 2.09. The lowest BCUT2D eigenvalue weighted by Gasteiger charge is -2.27. The minimum Gasteiger partial charge on any atom is -0.381 e. The average Bonchev–Trinajstić information content (AvgIpc) is 2.17. The molecule has 0 amide bonds. The van der Waals surface area contributed by atoms with Crippen LogP contribution in [0.25, 0.3) is 0 Å². The molecular formula is C9H16F3NO2. The molecule has 0 spiro atoms. The average molecular weight is 227 g/mol. The second-order valence-corrected chi connectivity index (χ2v) is 3.73. The van der Waals surface area contributed by atoms with E-state index < -0.39 is 12.8 Å². The Morgan fingerprint density at radius 2 is 1.80 bits per heavy atom. The van der Waals surface area contributed by atoms with Gasteiger partial charge in [0.25, 0.3) is 0 Å². The smallest absolute Gasteiger partial charge is 0.381 e. The highest BCUT2D eigenvalue weighted by Crippen LogP contribution is 2.21. The Hall–Kier alpha value is -0.330. The molecule has 0 aromatic rings. The summed E-state index contributed by atoms with van der Waals surface area (Å²) in [7, 11) is 1.65. The molecule has 1 rings (SSSR count). The number of methoxy groups -OCH3 is 1. The lowest BCUT2D eigenvalue weighted by molar-refractivity contribution is -0.194. The number of halogens is 3. The third-order valence-electron chi connectivity index (χ3n) is 2.49. The molecule has 0 aromatic carbocycles. The van der Waals surface area contributed by atoms with Gasteiger partial charge in [-0.2, -0.15) is 18.7 Å². The van der Waals surface area contributed by atoms with E-state index in [9.17, 15) is 13.2 Å². The van der Waals surface area contributed by atoms with E-state index in [1.54, 1.807) is 7.11 Å². The molecule has 0 bridgehead atoms. The van der Waals surface area contributed by atoms with Crippen LogP contribution in [0.5, 0.6) is 0 Å². The molecule has 0 aromatic heterocycles. The van der Waals surface area contributed by atoms with Crippen molar-refractivity contribution < 1.29 is 22.7 Å². The Kier molecular flexibility index (Phi) is 4.82. The quantitative estimate of drug-likeness (QED) is 0.745. The van der Waals surface area contributed by atoms with E-state index in [0.29, 0.717) is 0 Å². The summed E-state index contributed by atoms with van der Waals surface area (Å²) in [6, 6.07) is 0.0127. The third-order valence-corrected chi connectivity index (χ3v) is 2.49. The summed E-state index contributed by atoms with van der Waals surface area (Å²) in [5.41, 5.74) is 2.45. The van der Waals surface area contributed by atoms with Crippen molar-refractivity contribution >= 4 is 0 Å². The summed E-state index contributed by atoms with van der Waals surface area (Å²) in [5.74, 6) is 0. The van der Waals surface area contributed by atoms with Crippen LogP contribution >= 0.6 is 0 Å². The minimum absolute atomic E-state index is 0.0127. The highest BCUT2D eigenvalue weighted by atomic mass is 19.4.